The number of β-amino-alcohol motifs (C(OH)–C–C–N with tert-alkyl or cyclic N) is 1. The minimum Gasteiger partial charge on any atom is -0.392 e. The van der Waals surface area contributed by atoms with Crippen molar-refractivity contribution in [3.8, 4) is 0 Å². The number of aromatic nitrogens is 1. The van der Waals surface area contributed by atoms with Crippen molar-refractivity contribution in [3.63, 3.8) is 0 Å². The number of hydrogen-bond acceptors (Lipinski definition) is 5. The summed E-state index contributed by atoms with van der Waals surface area (Å²) in [6.07, 6.45) is 3.60. The first-order valence-corrected chi connectivity index (χ1v) is 8.13. The van der Waals surface area contributed by atoms with Crippen LogP contribution in [0.2, 0.25) is 0 Å². The van der Waals surface area contributed by atoms with Gasteiger partial charge < -0.3 is 10.0 Å². The van der Waals surface area contributed by atoms with Gasteiger partial charge >= 0.3 is 0 Å². The Morgan fingerprint density at radius 1 is 1.45 bits per heavy atom. The van der Waals surface area contributed by atoms with E-state index in [9.17, 15) is 9.90 Å². The Kier molecular flexibility index (Phi) is 5.94. The summed E-state index contributed by atoms with van der Waals surface area (Å²) in [5.41, 5.74) is 0. The van der Waals surface area contributed by atoms with Crippen molar-refractivity contribution in [1.29, 1.82) is 0 Å². The van der Waals surface area contributed by atoms with Crippen molar-refractivity contribution in [2.24, 2.45) is 0 Å². The summed E-state index contributed by atoms with van der Waals surface area (Å²) < 4.78 is 0. The van der Waals surface area contributed by atoms with E-state index >= 15 is 0 Å². The van der Waals surface area contributed by atoms with Crippen LogP contribution in [0.5, 0.6) is 0 Å². The molecule has 1 saturated heterocycles. The van der Waals surface area contributed by atoms with E-state index in [2.05, 4.69) is 9.88 Å². The molecule has 0 bridgehead atoms. The number of amides is 1. The lowest BCUT2D eigenvalue weighted by Gasteiger charge is -2.35. The van der Waals surface area contributed by atoms with Gasteiger partial charge in [-0.2, -0.15) is 0 Å². The van der Waals surface area contributed by atoms with Gasteiger partial charge in [0.1, 0.15) is 0 Å². The van der Waals surface area contributed by atoms with E-state index in [0.29, 0.717) is 6.42 Å². The van der Waals surface area contributed by atoms with Crippen LogP contribution in [0.15, 0.2) is 11.6 Å². The number of carbonyl (C=O) groups is 1. The molecule has 1 fully saturated rings. The third-order valence-electron chi connectivity index (χ3n) is 3.70. The smallest absolute Gasteiger partial charge is 0.223 e. The van der Waals surface area contributed by atoms with E-state index in [0.717, 1.165) is 50.6 Å². The highest BCUT2D eigenvalue weighted by molar-refractivity contribution is 7.09. The molecule has 1 aliphatic heterocycles. The monoisotopic (exact) mass is 297 g/mol. The molecule has 0 spiro atoms. The summed E-state index contributed by atoms with van der Waals surface area (Å²) >= 11 is 1.60. The predicted molar refractivity (Wildman–Crippen MR) is 79.8 cm³/mol. The first-order chi connectivity index (χ1) is 9.69. The van der Waals surface area contributed by atoms with Gasteiger partial charge in [0.05, 0.1) is 11.1 Å². The third kappa shape index (κ3) is 4.54. The minimum atomic E-state index is -0.248. The first kappa shape index (κ1) is 15.4. The minimum absolute atomic E-state index is 0.218. The van der Waals surface area contributed by atoms with Crippen LogP contribution in [0.25, 0.3) is 0 Å². The maximum atomic E-state index is 12.1. The highest BCUT2D eigenvalue weighted by Crippen LogP contribution is 2.10. The number of thiazole rings is 1. The summed E-state index contributed by atoms with van der Waals surface area (Å²) in [7, 11) is 0. The number of rotatable bonds is 6. The van der Waals surface area contributed by atoms with E-state index in [-0.39, 0.29) is 12.0 Å². The molecule has 20 heavy (non-hydrogen) atoms. The van der Waals surface area contributed by atoms with Crippen molar-refractivity contribution >= 4 is 17.2 Å². The highest BCUT2D eigenvalue weighted by Gasteiger charge is 2.21. The Labute approximate surface area is 124 Å². The van der Waals surface area contributed by atoms with Crippen LogP contribution >= 0.6 is 11.3 Å². The number of nitrogens with zero attached hydrogens (tertiary/aromatic N) is 3. The molecule has 1 aliphatic rings. The van der Waals surface area contributed by atoms with Crippen LogP contribution in [-0.4, -0.2) is 64.6 Å². The maximum Gasteiger partial charge on any atom is 0.223 e. The molecular formula is C14H23N3O2S. The van der Waals surface area contributed by atoms with Crippen LogP contribution in [0.1, 0.15) is 24.8 Å². The van der Waals surface area contributed by atoms with Crippen LogP contribution in [-0.2, 0) is 11.2 Å². The van der Waals surface area contributed by atoms with Gasteiger partial charge in [0.15, 0.2) is 0 Å². The molecule has 2 heterocycles. The second-order valence-electron chi connectivity index (χ2n) is 5.17. The summed E-state index contributed by atoms with van der Waals surface area (Å²) in [6, 6.07) is 0. The first-order valence-electron chi connectivity index (χ1n) is 7.25. The van der Waals surface area contributed by atoms with Crippen LogP contribution in [0.4, 0.5) is 0 Å². The average Bonchev–Trinajstić information content (AvgIpc) is 2.98. The van der Waals surface area contributed by atoms with Gasteiger partial charge in [0.25, 0.3) is 0 Å². The molecule has 0 aliphatic carbocycles. The molecule has 0 aromatic carbocycles. The Bertz CT molecular complexity index is 403. The second-order valence-corrected chi connectivity index (χ2v) is 6.15. The number of carbonyl (C=O) groups excluding carboxylic acids is 1. The van der Waals surface area contributed by atoms with Gasteiger partial charge in [-0.3, -0.25) is 9.69 Å². The fourth-order valence-corrected chi connectivity index (χ4v) is 2.98. The molecule has 0 saturated carbocycles. The molecule has 1 atom stereocenters. The molecule has 1 aromatic heterocycles. The zero-order chi connectivity index (χ0) is 14.4. The summed E-state index contributed by atoms with van der Waals surface area (Å²) in [5, 5.41) is 12.6. The van der Waals surface area contributed by atoms with E-state index < -0.39 is 0 Å². The number of piperazine rings is 1. The third-order valence-corrected chi connectivity index (χ3v) is 4.54. The van der Waals surface area contributed by atoms with Crippen LogP contribution in [0.3, 0.4) is 0 Å². The van der Waals surface area contributed by atoms with Crippen molar-refractivity contribution in [3.05, 3.63) is 16.6 Å². The molecule has 2 rings (SSSR count). The summed E-state index contributed by atoms with van der Waals surface area (Å²) in [4.78, 5) is 20.5. The molecule has 112 valence electrons. The van der Waals surface area contributed by atoms with Gasteiger partial charge in [0.2, 0.25) is 5.91 Å². The number of aliphatic hydroxyl groups is 1. The van der Waals surface area contributed by atoms with Gasteiger partial charge in [-0.05, 0) is 6.42 Å². The zero-order valence-electron chi connectivity index (χ0n) is 12.0. The zero-order valence-corrected chi connectivity index (χ0v) is 12.8. The molecule has 5 nitrogen and oxygen atoms in total. The lowest BCUT2D eigenvalue weighted by atomic mass is 10.2. The van der Waals surface area contributed by atoms with Gasteiger partial charge in [-0.25, -0.2) is 4.98 Å². The molecule has 6 heteroatoms. The average molecular weight is 297 g/mol. The lowest BCUT2D eigenvalue weighted by Crippen LogP contribution is -2.50. The van der Waals surface area contributed by atoms with Crippen LogP contribution < -0.4 is 0 Å². The van der Waals surface area contributed by atoms with Crippen molar-refractivity contribution in [2.75, 3.05) is 32.7 Å². The Morgan fingerprint density at radius 2 is 2.20 bits per heavy atom. The summed E-state index contributed by atoms with van der Waals surface area (Å²) in [5.74, 6) is 0.218. The van der Waals surface area contributed by atoms with Crippen molar-refractivity contribution in [2.45, 2.75) is 32.3 Å². The topological polar surface area (TPSA) is 56.7 Å². The van der Waals surface area contributed by atoms with Gasteiger partial charge in [-0.1, -0.05) is 6.92 Å². The molecule has 1 amide bonds. The fraction of sp³-hybridized carbons (Fsp3) is 0.714. The van der Waals surface area contributed by atoms with Gasteiger partial charge in [-0.15, -0.1) is 11.3 Å². The second kappa shape index (κ2) is 7.71. The number of aliphatic hydroxyl groups excluding tert-OH is 1. The van der Waals surface area contributed by atoms with E-state index in [1.54, 1.807) is 17.5 Å². The Balaban J connectivity index is 1.69. The highest BCUT2D eigenvalue weighted by atomic mass is 32.1. The molecule has 1 unspecified atom stereocenters. The number of hydrogen-bond donors (Lipinski definition) is 1. The van der Waals surface area contributed by atoms with Crippen molar-refractivity contribution in [1.82, 2.24) is 14.8 Å². The van der Waals surface area contributed by atoms with E-state index in [4.69, 9.17) is 0 Å². The molecule has 0 radical (unpaired) electrons. The fourth-order valence-electron chi connectivity index (χ4n) is 2.36. The van der Waals surface area contributed by atoms with Gasteiger partial charge in [0, 0.05) is 57.1 Å². The predicted octanol–water partition coefficient (Wildman–Crippen LogP) is 0.991. The molecule has 1 N–H and O–H groups in total. The lowest BCUT2D eigenvalue weighted by molar-refractivity contribution is -0.133. The Hall–Kier alpha value is -0.980. The van der Waals surface area contributed by atoms with Crippen LogP contribution in [0, 0.1) is 0 Å². The van der Waals surface area contributed by atoms with E-state index in [1.807, 2.05) is 17.2 Å². The normalized spacial score (nSPS) is 18.2. The SMILES string of the molecule is CCC(O)CN1CCN(C(=O)CCc2nccs2)CC1. The van der Waals surface area contributed by atoms with Crippen molar-refractivity contribution < 1.29 is 9.90 Å². The Morgan fingerprint density at radius 3 is 2.80 bits per heavy atom. The number of aryl methyl sites for hydroxylation is 1. The molecule has 1 aromatic rings. The molecular weight excluding hydrogens is 274 g/mol. The van der Waals surface area contributed by atoms with E-state index in [1.165, 1.54) is 0 Å². The quantitative estimate of drug-likeness (QED) is 0.851. The largest absolute Gasteiger partial charge is 0.392 e. The standard InChI is InChI=1S/C14H23N3O2S/c1-2-12(18)11-16-6-8-17(9-7-16)14(19)4-3-13-15-5-10-20-13/h5,10,12,18H,2-4,6-9,11H2,1H3. The maximum absolute atomic E-state index is 12.1. The summed E-state index contributed by atoms with van der Waals surface area (Å²) in [6.45, 7) is 5.97.